The molecule has 0 N–H and O–H groups in total. The molecule has 0 radical (unpaired) electrons. The number of benzene rings is 2. The maximum Gasteiger partial charge on any atom is 0.211 e. The first-order chi connectivity index (χ1) is 10.5. The van der Waals surface area contributed by atoms with E-state index in [2.05, 4.69) is 62.2 Å². The molecule has 2 aliphatic heterocycles. The molecule has 2 aromatic rings. The number of hydrogen-bond acceptors (Lipinski definition) is 2. The van der Waals surface area contributed by atoms with Gasteiger partial charge in [-0.25, -0.2) is 0 Å². The van der Waals surface area contributed by atoms with E-state index in [1.807, 2.05) is 18.2 Å². The second-order valence-electron chi connectivity index (χ2n) is 6.49. The van der Waals surface area contributed by atoms with Crippen molar-refractivity contribution in [3.63, 3.8) is 0 Å². The van der Waals surface area contributed by atoms with E-state index >= 15 is 0 Å². The van der Waals surface area contributed by atoms with Gasteiger partial charge in [-0.05, 0) is 43.7 Å². The van der Waals surface area contributed by atoms with E-state index in [9.17, 15) is 0 Å². The average molecular weight is 312 g/mol. The van der Waals surface area contributed by atoms with Crippen molar-refractivity contribution < 1.29 is 4.74 Å². The molecule has 3 heteroatoms. The molecule has 0 bridgehead atoms. The summed E-state index contributed by atoms with van der Waals surface area (Å²) in [6.07, 6.45) is 4.28. The predicted molar refractivity (Wildman–Crippen MR) is 91.7 cm³/mol. The molecular formula is C19H18ClNO. The van der Waals surface area contributed by atoms with Gasteiger partial charge in [0.05, 0.1) is 10.4 Å². The summed E-state index contributed by atoms with van der Waals surface area (Å²) in [7, 11) is 2.08. The van der Waals surface area contributed by atoms with E-state index in [1.54, 1.807) is 0 Å². The number of para-hydroxylation sites is 2. The van der Waals surface area contributed by atoms with E-state index < -0.39 is 5.72 Å². The second kappa shape index (κ2) is 4.30. The quantitative estimate of drug-likeness (QED) is 0.688. The summed E-state index contributed by atoms with van der Waals surface area (Å²) in [6.45, 7) is 4.45. The Labute approximate surface area is 136 Å². The highest BCUT2D eigenvalue weighted by molar-refractivity contribution is 6.32. The summed E-state index contributed by atoms with van der Waals surface area (Å²) in [5.41, 5.74) is 2.77. The smallest absolute Gasteiger partial charge is 0.211 e. The second-order valence-corrected chi connectivity index (χ2v) is 6.90. The number of ether oxygens (including phenoxy) is 1. The van der Waals surface area contributed by atoms with Crippen molar-refractivity contribution >= 4 is 23.4 Å². The van der Waals surface area contributed by atoms with Crippen LogP contribution in [0.5, 0.6) is 5.75 Å². The average Bonchev–Trinajstić information content (AvgIpc) is 2.68. The number of halogens is 1. The van der Waals surface area contributed by atoms with E-state index in [4.69, 9.17) is 16.3 Å². The minimum Gasteiger partial charge on any atom is -0.461 e. The van der Waals surface area contributed by atoms with Gasteiger partial charge in [0.15, 0.2) is 0 Å². The Hall–Kier alpha value is -1.93. The lowest BCUT2D eigenvalue weighted by molar-refractivity contribution is 0.0583. The highest BCUT2D eigenvalue weighted by Crippen LogP contribution is 2.54. The van der Waals surface area contributed by atoms with Gasteiger partial charge in [-0.1, -0.05) is 41.9 Å². The summed E-state index contributed by atoms with van der Waals surface area (Å²) in [5.74, 6) is 0.763. The molecule has 0 fully saturated rings. The fourth-order valence-electron chi connectivity index (χ4n) is 3.76. The van der Waals surface area contributed by atoms with Crippen molar-refractivity contribution in [1.29, 1.82) is 0 Å². The predicted octanol–water partition coefficient (Wildman–Crippen LogP) is 4.87. The lowest BCUT2D eigenvalue weighted by Gasteiger charge is -2.46. The van der Waals surface area contributed by atoms with Gasteiger partial charge in [0.1, 0.15) is 5.75 Å². The number of hydrogen-bond donors (Lipinski definition) is 0. The molecule has 1 atom stereocenters. The van der Waals surface area contributed by atoms with Crippen molar-refractivity contribution in [3.05, 3.63) is 64.7 Å². The zero-order chi connectivity index (χ0) is 15.5. The third-order valence-corrected chi connectivity index (χ3v) is 5.37. The summed E-state index contributed by atoms with van der Waals surface area (Å²) in [5, 5.41) is 0.654. The first-order valence-electron chi connectivity index (χ1n) is 7.47. The molecule has 4 rings (SSSR count). The molecule has 2 nitrogen and oxygen atoms in total. The molecule has 22 heavy (non-hydrogen) atoms. The van der Waals surface area contributed by atoms with Crippen LogP contribution in [0.2, 0.25) is 5.02 Å². The summed E-state index contributed by atoms with van der Waals surface area (Å²) in [4.78, 5) is 2.21. The minimum absolute atomic E-state index is 0.189. The van der Waals surface area contributed by atoms with Gasteiger partial charge in [-0.15, -0.1) is 0 Å². The Morgan fingerprint density at radius 1 is 1.05 bits per heavy atom. The number of anilines is 1. The maximum atomic E-state index is 6.53. The third-order valence-electron chi connectivity index (χ3n) is 5.08. The Morgan fingerprint density at radius 2 is 1.82 bits per heavy atom. The number of fused-ring (bicyclic) bond motifs is 2. The highest BCUT2D eigenvalue weighted by Gasteiger charge is 2.57. The Kier molecular flexibility index (Phi) is 2.68. The van der Waals surface area contributed by atoms with Crippen LogP contribution in [0.3, 0.4) is 0 Å². The normalized spacial score (nSPS) is 24.1. The molecule has 0 aromatic heterocycles. The van der Waals surface area contributed by atoms with Crippen molar-refractivity contribution in [2.45, 2.75) is 25.0 Å². The largest absolute Gasteiger partial charge is 0.461 e. The molecule has 1 unspecified atom stereocenters. The van der Waals surface area contributed by atoms with Gasteiger partial charge < -0.3 is 9.64 Å². The van der Waals surface area contributed by atoms with Crippen LogP contribution in [0, 0.1) is 0 Å². The summed E-state index contributed by atoms with van der Waals surface area (Å²) < 4.78 is 6.53. The Morgan fingerprint density at radius 3 is 2.59 bits per heavy atom. The fraction of sp³-hybridized carbons (Fsp3) is 0.263. The minimum atomic E-state index is -0.561. The van der Waals surface area contributed by atoms with E-state index in [-0.39, 0.29) is 5.41 Å². The highest BCUT2D eigenvalue weighted by atomic mass is 35.5. The van der Waals surface area contributed by atoms with Crippen LogP contribution in [0.25, 0.3) is 6.08 Å². The fourth-order valence-corrected chi connectivity index (χ4v) is 3.98. The number of rotatable bonds is 0. The standard InChI is InChI=1S/C19H18ClNO/c1-18(2)14-8-4-5-10-16(14)21(3)19(18)12-11-13-7-6-9-15(20)17(13)22-19/h4-12H,1-3H3. The lowest BCUT2D eigenvalue weighted by Crippen LogP contribution is -2.58. The Bertz CT molecular complexity index is 796. The molecule has 2 aromatic carbocycles. The zero-order valence-electron chi connectivity index (χ0n) is 12.9. The van der Waals surface area contributed by atoms with Gasteiger partial charge in [0.2, 0.25) is 5.72 Å². The van der Waals surface area contributed by atoms with Crippen molar-refractivity contribution in [1.82, 2.24) is 0 Å². The van der Waals surface area contributed by atoms with Gasteiger partial charge in [-0.2, -0.15) is 0 Å². The van der Waals surface area contributed by atoms with Crippen LogP contribution in [0.15, 0.2) is 48.5 Å². The van der Waals surface area contributed by atoms with Crippen LogP contribution >= 0.6 is 11.6 Å². The van der Waals surface area contributed by atoms with Crippen molar-refractivity contribution in [2.24, 2.45) is 0 Å². The molecule has 0 aliphatic carbocycles. The molecule has 0 saturated heterocycles. The van der Waals surface area contributed by atoms with Gasteiger partial charge in [0.25, 0.3) is 0 Å². The van der Waals surface area contributed by atoms with Gasteiger partial charge >= 0.3 is 0 Å². The lowest BCUT2D eigenvalue weighted by atomic mass is 9.76. The number of likely N-dealkylation sites (N-methyl/N-ethyl adjacent to an activating group) is 1. The summed E-state index contributed by atoms with van der Waals surface area (Å²) in [6, 6.07) is 14.3. The van der Waals surface area contributed by atoms with Crippen LogP contribution in [0.4, 0.5) is 5.69 Å². The molecule has 1 spiro atoms. The topological polar surface area (TPSA) is 12.5 Å². The molecule has 0 amide bonds. The van der Waals surface area contributed by atoms with Crippen molar-refractivity contribution in [2.75, 3.05) is 11.9 Å². The SMILES string of the molecule is CN1c2ccccc2C(C)(C)C12C=Cc1cccc(Cl)c1O2. The molecule has 2 aliphatic rings. The summed E-state index contributed by atoms with van der Waals surface area (Å²) >= 11 is 6.38. The van der Waals surface area contributed by atoms with E-state index in [0.717, 1.165) is 11.3 Å². The first kappa shape index (κ1) is 13.7. The van der Waals surface area contributed by atoms with Crippen LogP contribution in [-0.4, -0.2) is 12.8 Å². The first-order valence-corrected chi connectivity index (χ1v) is 7.85. The van der Waals surface area contributed by atoms with Crippen LogP contribution < -0.4 is 9.64 Å². The van der Waals surface area contributed by atoms with Crippen LogP contribution in [0.1, 0.15) is 25.0 Å². The molecule has 2 heterocycles. The molecular weight excluding hydrogens is 294 g/mol. The molecule has 0 saturated carbocycles. The molecule has 112 valence electrons. The van der Waals surface area contributed by atoms with E-state index in [0.29, 0.717) is 5.02 Å². The van der Waals surface area contributed by atoms with Crippen molar-refractivity contribution in [3.8, 4) is 5.75 Å². The monoisotopic (exact) mass is 311 g/mol. The third kappa shape index (κ3) is 1.51. The van der Waals surface area contributed by atoms with Gasteiger partial charge in [0, 0.05) is 18.3 Å². The maximum absolute atomic E-state index is 6.53. The Balaban J connectivity index is 1.93. The number of nitrogens with zero attached hydrogens (tertiary/aromatic N) is 1. The van der Waals surface area contributed by atoms with E-state index in [1.165, 1.54) is 11.3 Å². The van der Waals surface area contributed by atoms with Gasteiger partial charge in [-0.3, -0.25) is 0 Å². The van der Waals surface area contributed by atoms with Crippen LogP contribution in [-0.2, 0) is 5.41 Å². The zero-order valence-corrected chi connectivity index (χ0v) is 13.7.